The number of nitrogens with zero attached hydrogens (tertiary/aromatic N) is 5. The monoisotopic (exact) mass is 338 g/mol. The van der Waals surface area contributed by atoms with E-state index >= 15 is 0 Å². The molecule has 1 unspecified atom stereocenters. The summed E-state index contributed by atoms with van der Waals surface area (Å²) in [6, 6.07) is 0. The molecule has 0 aliphatic carbocycles. The number of thioether (sulfide) groups is 1. The number of hydrogen-bond donors (Lipinski definition) is 2. The molecule has 0 spiro atoms. The lowest BCUT2D eigenvalue weighted by Gasteiger charge is -2.34. The number of aliphatic hydroxyl groups excluding tert-OH is 1. The molecule has 1 aliphatic heterocycles. The number of likely N-dealkylation sites (tertiary alicyclic amines) is 1. The predicted octanol–water partition coefficient (Wildman–Crippen LogP) is 0.305. The molecule has 2 N–H and O–H groups in total. The number of piperidine rings is 1. The van der Waals surface area contributed by atoms with Crippen molar-refractivity contribution >= 4 is 17.9 Å². The van der Waals surface area contributed by atoms with Gasteiger partial charge in [0.25, 0.3) is 0 Å². The third-order valence-electron chi connectivity index (χ3n) is 3.83. The van der Waals surface area contributed by atoms with Crippen molar-refractivity contribution in [1.82, 2.24) is 19.8 Å². The first-order valence-corrected chi connectivity index (χ1v) is 8.37. The molecule has 10 heteroatoms. The fourth-order valence-electron chi connectivity index (χ4n) is 2.62. The molecule has 23 heavy (non-hydrogen) atoms. The lowest BCUT2D eigenvalue weighted by Crippen LogP contribution is -2.45. The van der Waals surface area contributed by atoms with Crippen molar-refractivity contribution in [1.29, 1.82) is 5.53 Å². The van der Waals surface area contributed by atoms with E-state index in [0.29, 0.717) is 36.7 Å². The Morgan fingerprint density at radius 3 is 2.91 bits per heavy atom. The maximum absolute atomic E-state index is 10.9. The minimum absolute atomic E-state index is 0.0314. The van der Waals surface area contributed by atoms with Crippen LogP contribution in [-0.4, -0.2) is 52.0 Å². The van der Waals surface area contributed by atoms with Crippen molar-refractivity contribution in [2.24, 2.45) is 5.11 Å². The molecule has 2 rings (SSSR count). The fraction of sp³-hybridized carbons (Fsp3) is 0.615. The van der Waals surface area contributed by atoms with Gasteiger partial charge in [-0.3, -0.25) is 0 Å². The molecule has 9 nitrogen and oxygen atoms in total. The molecule has 1 atom stereocenters. The van der Waals surface area contributed by atoms with E-state index in [1.54, 1.807) is 6.20 Å². The Labute approximate surface area is 137 Å². The third kappa shape index (κ3) is 4.25. The Morgan fingerprint density at radius 1 is 1.65 bits per heavy atom. The molecule has 1 fully saturated rings. The van der Waals surface area contributed by atoms with Gasteiger partial charge in [0.2, 0.25) is 4.91 Å². The van der Waals surface area contributed by atoms with Gasteiger partial charge >= 0.3 is 0 Å². The molecular weight excluding hydrogens is 320 g/mol. The number of carboxylic acid groups (broad SMARTS) is 1. The second-order valence-electron chi connectivity index (χ2n) is 5.16. The second-order valence-corrected chi connectivity index (χ2v) is 5.94. The maximum atomic E-state index is 10.9. The van der Waals surface area contributed by atoms with E-state index in [1.807, 2.05) is 6.26 Å². The second kappa shape index (κ2) is 8.00. The summed E-state index contributed by atoms with van der Waals surface area (Å²) in [4.78, 5) is 23.8. The third-order valence-corrected chi connectivity index (χ3v) is 4.39. The van der Waals surface area contributed by atoms with Crippen molar-refractivity contribution in [3.8, 4) is 0 Å². The molecule has 0 saturated carbocycles. The number of carbonyl (C=O) groups excluding carboxylic acids is 1. The summed E-state index contributed by atoms with van der Waals surface area (Å²) in [6.07, 6.45) is 2.56. The smallest absolute Gasteiger partial charge is 0.214 e. The first-order chi connectivity index (χ1) is 11.1. The van der Waals surface area contributed by atoms with Gasteiger partial charge in [-0.05, 0) is 19.1 Å². The molecular formula is C13H18N6O3S. The van der Waals surface area contributed by atoms with Gasteiger partial charge in [0.15, 0.2) is 11.7 Å². The minimum Gasteiger partial charge on any atom is -0.530 e. The van der Waals surface area contributed by atoms with Crippen molar-refractivity contribution < 1.29 is 15.0 Å². The van der Waals surface area contributed by atoms with Crippen LogP contribution < -0.4 is 10.0 Å². The van der Waals surface area contributed by atoms with Crippen LogP contribution in [0.15, 0.2) is 16.5 Å². The van der Waals surface area contributed by atoms with E-state index in [9.17, 15) is 15.0 Å². The van der Waals surface area contributed by atoms with Crippen LogP contribution in [0, 0.1) is 5.53 Å². The molecule has 0 bridgehead atoms. The summed E-state index contributed by atoms with van der Waals surface area (Å²) in [5, 5.41) is 25.2. The summed E-state index contributed by atoms with van der Waals surface area (Å²) in [7, 11) is 0. The van der Waals surface area contributed by atoms with Crippen LogP contribution >= 0.6 is 11.8 Å². The molecule has 1 aromatic heterocycles. The van der Waals surface area contributed by atoms with Crippen LogP contribution in [-0.2, 0) is 0 Å². The molecule has 1 aliphatic rings. The summed E-state index contributed by atoms with van der Waals surface area (Å²) >= 11 is 1.40. The highest BCUT2D eigenvalue weighted by molar-refractivity contribution is 7.98. The highest BCUT2D eigenvalue weighted by Crippen LogP contribution is 2.32. The topological polar surface area (TPSA) is 140 Å². The number of aliphatic hydroxyl groups is 1. The average molecular weight is 338 g/mol. The lowest BCUT2D eigenvalue weighted by molar-refractivity contribution is -0.266. The number of nitrogens with one attached hydrogen (secondary N) is 1. The number of aromatic nitrogens is 2. The normalized spacial score (nSPS) is 16.7. The van der Waals surface area contributed by atoms with Gasteiger partial charge in [-0.25, -0.2) is 9.97 Å². The van der Waals surface area contributed by atoms with Crippen LogP contribution in [0.25, 0.3) is 0 Å². The standard InChI is InChI=1S/C13H18N6O3S/c1-23-12-15-6-9(10(20)7-16-18-14)11(17-12)8-2-4-19(5-3-8)13(21)22/h6,8,10,14,20H,2-5,7H2,1H3. The van der Waals surface area contributed by atoms with Crippen molar-refractivity contribution in [2.75, 3.05) is 25.9 Å². The Bertz CT molecular complexity index is 614. The number of rotatable bonds is 5. The highest BCUT2D eigenvalue weighted by atomic mass is 32.2. The molecule has 2 heterocycles. The van der Waals surface area contributed by atoms with Crippen LogP contribution in [0.5, 0.6) is 0 Å². The van der Waals surface area contributed by atoms with Gasteiger partial charge in [-0.15, -0.1) is 0 Å². The van der Waals surface area contributed by atoms with Crippen molar-refractivity contribution in [2.45, 2.75) is 30.0 Å². The van der Waals surface area contributed by atoms with E-state index in [2.05, 4.69) is 20.0 Å². The quantitative estimate of drug-likeness (QED) is 0.342. The van der Waals surface area contributed by atoms with Gasteiger partial charge in [-0.1, -0.05) is 11.8 Å². The van der Waals surface area contributed by atoms with Crippen LogP contribution in [0.1, 0.15) is 36.1 Å². The van der Waals surface area contributed by atoms with E-state index in [-0.39, 0.29) is 12.5 Å². The van der Waals surface area contributed by atoms with Gasteiger partial charge in [0.1, 0.15) is 22.8 Å². The van der Waals surface area contributed by atoms with Gasteiger partial charge in [-0.2, -0.15) is 0 Å². The fourth-order valence-corrected chi connectivity index (χ4v) is 2.97. The van der Waals surface area contributed by atoms with Gasteiger partial charge in [0, 0.05) is 30.8 Å². The SMILES string of the molecule is CSc1ncc(C(O)CN=[N+]=N)c(C2CCN(C(=O)[O-])CC2)n1. The van der Waals surface area contributed by atoms with Gasteiger partial charge < -0.3 is 19.9 Å². The van der Waals surface area contributed by atoms with Crippen molar-refractivity contribution in [3.05, 3.63) is 17.5 Å². The molecule has 0 radical (unpaired) electrons. The number of amides is 1. The first-order valence-electron chi connectivity index (χ1n) is 7.14. The summed E-state index contributed by atoms with van der Waals surface area (Å²) in [5.41, 5.74) is 7.95. The minimum atomic E-state index is -1.16. The average Bonchev–Trinajstić information content (AvgIpc) is 2.59. The highest BCUT2D eigenvalue weighted by Gasteiger charge is 2.27. The summed E-state index contributed by atoms with van der Waals surface area (Å²) < 4.78 is 0. The number of hydrogen-bond acceptors (Lipinski definition) is 8. The zero-order valence-corrected chi connectivity index (χ0v) is 13.5. The summed E-state index contributed by atoms with van der Waals surface area (Å²) in [5.74, 6) is 0.0390. The zero-order valence-electron chi connectivity index (χ0n) is 12.7. The predicted molar refractivity (Wildman–Crippen MR) is 79.9 cm³/mol. The Balaban J connectivity index is 2.24. The van der Waals surface area contributed by atoms with Crippen molar-refractivity contribution in [3.63, 3.8) is 0 Å². The molecule has 0 aromatic carbocycles. The maximum Gasteiger partial charge on any atom is 0.214 e. The Hall–Kier alpha value is -2.03. The lowest BCUT2D eigenvalue weighted by atomic mass is 9.89. The number of carbonyl (C=O) groups is 1. The van der Waals surface area contributed by atoms with Gasteiger partial charge in [0.05, 0.1) is 5.69 Å². The van der Waals surface area contributed by atoms with E-state index < -0.39 is 12.2 Å². The van der Waals surface area contributed by atoms with E-state index in [4.69, 9.17) is 5.53 Å². The largest absolute Gasteiger partial charge is 0.530 e. The molecule has 124 valence electrons. The van der Waals surface area contributed by atoms with E-state index in [0.717, 1.165) is 5.69 Å². The van der Waals surface area contributed by atoms with Crippen LogP contribution in [0.2, 0.25) is 0 Å². The van der Waals surface area contributed by atoms with E-state index in [1.165, 1.54) is 16.7 Å². The van der Waals surface area contributed by atoms with Crippen LogP contribution in [0.4, 0.5) is 4.79 Å². The Kier molecular flexibility index (Phi) is 6.03. The molecule has 1 saturated heterocycles. The summed E-state index contributed by atoms with van der Waals surface area (Å²) in [6.45, 7) is 0.734. The zero-order chi connectivity index (χ0) is 16.8. The first kappa shape index (κ1) is 17.3. The van der Waals surface area contributed by atoms with Crippen LogP contribution in [0.3, 0.4) is 0 Å². The molecule has 1 aromatic rings. The Morgan fingerprint density at radius 2 is 2.35 bits per heavy atom. The molecule has 1 amide bonds.